The van der Waals surface area contributed by atoms with Crippen molar-refractivity contribution in [2.45, 2.75) is 0 Å². The van der Waals surface area contributed by atoms with Crippen LogP contribution >= 0.6 is 11.6 Å². The minimum atomic E-state index is -0.208. The zero-order chi connectivity index (χ0) is 13.2. The van der Waals surface area contributed by atoms with Crippen LogP contribution < -0.4 is 5.32 Å². The van der Waals surface area contributed by atoms with Gasteiger partial charge in [-0.15, -0.1) is 0 Å². The Morgan fingerprint density at radius 1 is 1.26 bits per heavy atom. The summed E-state index contributed by atoms with van der Waals surface area (Å²) in [5.74, 6) is -0.208. The number of hydrogen-bond acceptors (Lipinski definition) is 2. The molecule has 1 aromatic carbocycles. The van der Waals surface area contributed by atoms with Crippen molar-refractivity contribution in [1.29, 1.82) is 0 Å². The Balaban J connectivity index is 1.89. The summed E-state index contributed by atoms with van der Waals surface area (Å²) in [5.41, 5.74) is 2.02. The normalized spacial score (nSPS) is 10.6. The zero-order valence-electron chi connectivity index (χ0n) is 9.85. The number of nitrogens with zero attached hydrogens (tertiary/aromatic N) is 1. The van der Waals surface area contributed by atoms with Gasteiger partial charge in [0.15, 0.2) is 0 Å². The van der Waals surface area contributed by atoms with E-state index >= 15 is 0 Å². The lowest BCUT2D eigenvalue weighted by molar-refractivity contribution is 0.102. The standard InChI is InChI=1S/C14H10ClN3O/c15-10-3-4-12-9(6-10)7-13(18-12)14(19)17-11-2-1-5-16-8-11/h1-8,18H,(H,17,19). The van der Waals surface area contributed by atoms with Crippen LogP contribution in [0.15, 0.2) is 48.8 Å². The Labute approximate surface area is 114 Å². The number of amides is 1. The lowest BCUT2D eigenvalue weighted by Crippen LogP contribution is -2.12. The molecule has 0 saturated heterocycles. The average molecular weight is 272 g/mol. The predicted molar refractivity (Wildman–Crippen MR) is 75.5 cm³/mol. The van der Waals surface area contributed by atoms with Gasteiger partial charge in [-0.3, -0.25) is 9.78 Å². The number of fused-ring (bicyclic) bond motifs is 1. The third-order valence-corrected chi connectivity index (χ3v) is 2.98. The monoisotopic (exact) mass is 271 g/mol. The van der Waals surface area contributed by atoms with Gasteiger partial charge in [-0.25, -0.2) is 0 Å². The Hall–Kier alpha value is -2.33. The van der Waals surface area contributed by atoms with Crippen molar-refractivity contribution in [2.24, 2.45) is 0 Å². The molecule has 0 spiro atoms. The van der Waals surface area contributed by atoms with E-state index in [9.17, 15) is 4.79 Å². The van der Waals surface area contributed by atoms with Crippen molar-refractivity contribution in [1.82, 2.24) is 9.97 Å². The highest BCUT2D eigenvalue weighted by molar-refractivity contribution is 6.31. The third kappa shape index (κ3) is 2.44. The van der Waals surface area contributed by atoms with Crippen LogP contribution in [0.25, 0.3) is 10.9 Å². The zero-order valence-corrected chi connectivity index (χ0v) is 10.6. The number of aromatic nitrogens is 2. The first-order valence-corrected chi connectivity index (χ1v) is 6.10. The molecule has 3 rings (SSSR count). The summed E-state index contributed by atoms with van der Waals surface area (Å²) >= 11 is 5.91. The fourth-order valence-electron chi connectivity index (χ4n) is 1.86. The Morgan fingerprint density at radius 2 is 2.16 bits per heavy atom. The van der Waals surface area contributed by atoms with Crippen LogP contribution in [0.2, 0.25) is 5.02 Å². The summed E-state index contributed by atoms with van der Waals surface area (Å²) in [6.07, 6.45) is 3.25. The fourth-order valence-corrected chi connectivity index (χ4v) is 2.04. The van der Waals surface area contributed by atoms with Crippen LogP contribution in [0.1, 0.15) is 10.5 Å². The highest BCUT2D eigenvalue weighted by atomic mass is 35.5. The van der Waals surface area contributed by atoms with Crippen LogP contribution in [0.3, 0.4) is 0 Å². The van der Waals surface area contributed by atoms with Crippen molar-refractivity contribution in [2.75, 3.05) is 5.32 Å². The van der Waals surface area contributed by atoms with Gasteiger partial charge >= 0.3 is 0 Å². The maximum Gasteiger partial charge on any atom is 0.272 e. The molecule has 0 bridgehead atoms. The molecule has 2 N–H and O–H groups in total. The number of pyridine rings is 1. The molecular formula is C14H10ClN3O. The van der Waals surface area contributed by atoms with Crippen LogP contribution in [0.4, 0.5) is 5.69 Å². The smallest absolute Gasteiger partial charge is 0.272 e. The fraction of sp³-hybridized carbons (Fsp3) is 0. The van der Waals surface area contributed by atoms with E-state index in [0.717, 1.165) is 10.9 Å². The van der Waals surface area contributed by atoms with E-state index < -0.39 is 0 Å². The van der Waals surface area contributed by atoms with Crippen LogP contribution in [0, 0.1) is 0 Å². The summed E-state index contributed by atoms with van der Waals surface area (Å²) in [6, 6.07) is 10.8. The number of hydrogen-bond donors (Lipinski definition) is 2. The highest BCUT2D eigenvalue weighted by Gasteiger charge is 2.09. The second-order valence-corrected chi connectivity index (χ2v) is 4.55. The first-order valence-electron chi connectivity index (χ1n) is 5.72. The van der Waals surface area contributed by atoms with Gasteiger partial charge in [-0.05, 0) is 36.4 Å². The molecule has 0 fully saturated rings. The SMILES string of the molecule is O=C(Nc1cccnc1)c1cc2cc(Cl)ccc2[nH]1. The molecule has 3 aromatic rings. The maximum atomic E-state index is 12.1. The van der Waals surface area contributed by atoms with E-state index in [1.807, 2.05) is 12.1 Å². The van der Waals surface area contributed by atoms with Gasteiger partial charge in [0, 0.05) is 22.1 Å². The first kappa shape index (κ1) is 11.7. The number of halogens is 1. The van der Waals surface area contributed by atoms with E-state index in [-0.39, 0.29) is 5.91 Å². The molecule has 94 valence electrons. The van der Waals surface area contributed by atoms with E-state index in [4.69, 9.17) is 11.6 Å². The number of nitrogens with one attached hydrogen (secondary N) is 2. The molecule has 0 aliphatic heterocycles. The molecular weight excluding hydrogens is 262 g/mol. The molecule has 1 amide bonds. The number of aromatic amines is 1. The number of carbonyl (C=O) groups is 1. The summed E-state index contributed by atoms with van der Waals surface area (Å²) in [4.78, 5) is 19.1. The van der Waals surface area contributed by atoms with Gasteiger partial charge in [0.2, 0.25) is 0 Å². The number of carbonyl (C=O) groups excluding carboxylic acids is 1. The van der Waals surface area contributed by atoms with Crippen molar-refractivity contribution >= 4 is 34.1 Å². The van der Waals surface area contributed by atoms with Crippen molar-refractivity contribution in [3.8, 4) is 0 Å². The third-order valence-electron chi connectivity index (χ3n) is 2.75. The van der Waals surface area contributed by atoms with Gasteiger partial charge in [-0.2, -0.15) is 0 Å². The topological polar surface area (TPSA) is 57.8 Å². The Bertz CT molecular complexity index is 737. The Morgan fingerprint density at radius 3 is 2.95 bits per heavy atom. The molecule has 4 nitrogen and oxygen atoms in total. The van der Waals surface area contributed by atoms with E-state index in [2.05, 4.69) is 15.3 Å². The number of H-pyrrole nitrogens is 1. The molecule has 0 aliphatic carbocycles. The Kier molecular flexibility index (Phi) is 2.93. The quantitative estimate of drug-likeness (QED) is 0.750. The van der Waals surface area contributed by atoms with Gasteiger partial charge in [0.05, 0.1) is 11.9 Å². The average Bonchev–Trinajstić information content (AvgIpc) is 2.83. The minimum Gasteiger partial charge on any atom is -0.351 e. The molecule has 0 radical (unpaired) electrons. The van der Waals surface area contributed by atoms with Gasteiger partial charge in [-0.1, -0.05) is 11.6 Å². The van der Waals surface area contributed by atoms with E-state index in [1.54, 1.807) is 36.7 Å². The molecule has 5 heteroatoms. The van der Waals surface area contributed by atoms with Gasteiger partial charge < -0.3 is 10.3 Å². The van der Waals surface area contributed by atoms with Crippen molar-refractivity contribution < 1.29 is 4.79 Å². The minimum absolute atomic E-state index is 0.208. The van der Waals surface area contributed by atoms with E-state index in [1.165, 1.54) is 0 Å². The number of benzene rings is 1. The first-order chi connectivity index (χ1) is 9.22. The maximum absolute atomic E-state index is 12.1. The summed E-state index contributed by atoms with van der Waals surface area (Å²) < 4.78 is 0. The molecule has 2 aromatic heterocycles. The summed E-state index contributed by atoms with van der Waals surface area (Å²) in [7, 11) is 0. The second-order valence-electron chi connectivity index (χ2n) is 4.11. The van der Waals surface area contributed by atoms with E-state index in [0.29, 0.717) is 16.4 Å². The van der Waals surface area contributed by atoms with Gasteiger partial charge in [0.1, 0.15) is 5.69 Å². The van der Waals surface area contributed by atoms with Crippen LogP contribution in [0.5, 0.6) is 0 Å². The number of rotatable bonds is 2. The lowest BCUT2D eigenvalue weighted by atomic mass is 10.2. The second kappa shape index (κ2) is 4.74. The molecule has 0 saturated carbocycles. The molecule has 0 atom stereocenters. The van der Waals surface area contributed by atoms with Crippen LogP contribution in [-0.2, 0) is 0 Å². The summed E-state index contributed by atoms with van der Waals surface area (Å²) in [5, 5.41) is 4.32. The predicted octanol–water partition coefficient (Wildman–Crippen LogP) is 3.47. The highest BCUT2D eigenvalue weighted by Crippen LogP contribution is 2.20. The van der Waals surface area contributed by atoms with Crippen molar-refractivity contribution in [3.05, 3.63) is 59.5 Å². The van der Waals surface area contributed by atoms with Crippen LogP contribution in [-0.4, -0.2) is 15.9 Å². The molecule has 0 aliphatic rings. The largest absolute Gasteiger partial charge is 0.351 e. The van der Waals surface area contributed by atoms with Gasteiger partial charge in [0.25, 0.3) is 5.91 Å². The number of anilines is 1. The summed E-state index contributed by atoms with van der Waals surface area (Å²) in [6.45, 7) is 0. The van der Waals surface area contributed by atoms with Crippen molar-refractivity contribution in [3.63, 3.8) is 0 Å². The molecule has 19 heavy (non-hydrogen) atoms. The molecule has 0 unspecified atom stereocenters. The lowest BCUT2D eigenvalue weighted by Gasteiger charge is -2.01. The molecule has 2 heterocycles.